The third kappa shape index (κ3) is 2.34. The van der Waals surface area contributed by atoms with E-state index < -0.39 is 5.97 Å². The lowest BCUT2D eigenvalue weighted by Gasteiger charge is -2.31. The van der Waals surface area contributed by atoms with Gasteiger partial charge in [-0.1, -0.05) is 0 Å². The number of aliphatic carboxylic acids is 1. The fourth-order valence-corrected chi connectivity index (χ4v) is 2.44. The van der Waals surface area contributed by atoms with E-state index in [4.69, 9.17) is 5.11 Å². The Labute approximate surface area is 115 Å². The summed E-state index contributed by atoms with van der Waals surface area (Å²) in [6.07, 6.45) is 8.04. The van der Waals surface area contributed by atoms with Gasteiger partial charge in [0.05, 0.1) is 5.92 Å². The highest BCUT2D eigenvalue weighted by Crippen LogP contribution is 2.25. The van der Waals surface area contributed by atoms with Crippen LogP contribution < -0.4 is 4.90 Å². The average molecular weight is 273 g/mol. The smallest absolute Gasteiger partial charge is 0.306 e. The molecule has 0 spiro atoms. The van der Waals surface area contributed by atoms with Crippen molar-refractivity contribution in [1.29, 1.82) is 0 Å². The summed E-state index contributed by atoms with van der Waals surface area (Å²) in [6, 6.07) is 1.83. The van der Waals surface area contributed by atoms with Crippen LogP contribution in [0.4, 0.5) is 5.82 Å². The van der Waals surface area contributed by atoms with Gasteiger partial charge in [0, 0.05) is 37.9 Å². The molecule has 0 atom stereocenters. The fourth-order valence-electron chi connectivity index (χ4n) is 2.44. The molecule has 7 nitrogen and oxygen atoms in total. The van der Waals surface area contributed by atoms with Crippen LogP contribution in [0.2, 0.25) is 0 Å². The summed E-state index contributed by atoms with van der Waals surface area (Å²) in [5, 5.41) is 13.2. The molecule has 2 aromatic heterocycles. The summed E-state index contributed by atoms with van der Waals surface area (Å²) in [4.78, 5) is 21.8. The monoisotopic (exact) mass is 273 g/mol. The van der Waals surface area contributed by atoms with Crippen molar-refractivity contribution in [3.8, 4) is 5.82 Å². The van der Waals surface area contributed by atoms with Crippen LogP contribution in [0.25, 0.3) is 5.82 Å². The zero-order valence-corrected chi connectivity index (χ0v) is 10.9. The van der Waals surface area contributed by atoms with Gasteiger partial charge in [0.2, 0.25) is 0 Å². The number of carbonyl (C=O) groups is 1. The van der Waals surface area contributed by atoms with E-state index in [1.807, 2.05) is 12.3 Å². The molecule has 2 aromatic rings. The van der Waals surface area contributed by atoms with Crippen molar-refractivity contribution in [2.75, 3.05) is 18.0 Å². The van der Waals surface area contributed by atoms with Crippen molar-refractivity contribution >= 4 is 11.8 Å². The maximum Gasteiger partial charge on any atom is 0.306 e. The summed E-state index contributed by atoms with van der Waals surface area (Å²) < 4.78 is 1.67. The maximum absolute atomic E-state index is 11.0. The number of aromatic nitrogens is 4. The predicted octanol–water partition coefficient (Wildman–Crippen LogP) is 0.963. The van der Waals surface area contributed by atoms with E-state index in [1.165, 1.54) is 0 Å². The minimum atomic E-state index is -0.712. The summed E-state index contributed by atoms with van der Waals surface area (Å²) in [5.41, 5.74) is 0. The molecule has 0 saturated carbocycles. The molecule has 104 valence electrons. The molecule has 0 radical (unpaired) electrons. The Bertz CT molecular complexity index is 591. The van der Waals surface area contributed by atoms with E-state index >= 15 is 0 Å². The minimum Gasteiger partial charge on any atom is -0.481 e. The third-order valence-electron chi connectivity index (χ3n) is 3.53. The molecule has 3 rings (SSSR count). The molecule has 3 heterocycles. The lowest BCUT2D eigenvalue weighted by molar-refractivity contribution is -0.142. The highest BCUT2D eigenvalue weighted by molar-refractivity contribution is 5.70. The molecule has 1 fully saturated rings. The normalized spacial score (nSPS) is 16.3. The zero-order chi connectivity index (χ0) is 13.9. The Hall–Kier alpha value is -2.44. The molecule has 1 saturated heterocycles. The number of nitrogens with zero attached hydrogens (tertiary/aromatic N) is 5. The molecule has 0 bridgehead atoms. The van der Waals surface area contributed by atoms with Gasteiger partial charge < -0.3 is 10.0 Å². The number of piperidine rings is 1. The van der Waals surface area contributed by atoms with Crippen LogP contribution in [0, 0.1) is 5.92 Å². The average Bonchev–Trinajstić information content (AvgIpc) is 3.01. The Morgan fingerprint density at radius 3 is 2.45 bits per heavy atom. The van der Waals surface area contributed by atoms with E-state index in [0.717, 1.165) is 5.82 Å². The van der Waals surface area contributed by atoms with E-state index in [-0.39, 0.29) is 5.92 Å². The lowest BCUT2D eigenvalue weighted by Crippen LogP contribution is -2.37. The van der Waals surface area contributed by atoms with Crippen LogP contribution in [-0.4, -0.2) is 43.9 Å². The van der Waals surface area contributed by atoms with Crippen molar-refractivity contribution in [3.63, 3.8) is 0 Å². The van der Waals surface area contributed by atoms with E-state index in [1.54, 1.807) is 23.3 Å². The van der Waals surface area contributed by atoms with Gasteiger partial charge in [0.1, 0.15) is 0 Å². The number of hydrogen-bond donors (Lipinski definition) is 1. The van der Waals surface area contributed by atoms with E-state index in [0.29, 0.717) is 31.7 Å². The molecular formula is C13H15N5O2. The summed E-state index contributed by atoms with van der Waals surface area (Å²) in [5.74, 6) is 0.457. The van der Waals surface area contributed by atoms with Gasteiger partial charge in [0.25, 0.3) is 0 Å². The predicted molar refractivity (Wildman–Crippen MR) is 71.7 cm³/mol. The number of carboxylic acid groups (broad SMARTS) is 1. The van der Waals surface area contributed by atoms with Gasteiger partial charge in [-0.25, -0.2) is 14.6 Å². The first kappa shape index (κ1) is 12.6. The van der Waals surface area contributed by atoms with Crippen molar-refractivity contribution < 1.29 is 9.90 Å². The molecule has 0 amide bonds. The molecule has 1 aliphatic heterocycles. The maximum atomic E-state index is 11.0. The van der Waals surface area contributed by atoms with E-state index in [9.17, 15) is 4.79 Å². The highest BCUT2D eigenvalue weighted by atomic mass is 16.4. The standard InChI is InChI=1S/C13H15N5O2/c19-13(20)10-2-8-17(9-3-10)11-12(15-6-5-14-11)18-7-1-4-16-18/h1,4-7,10H,2-3,8-9H2,(H,19,20). The minimum absolute atomic E-state index is 0.254. The van der Waals surface area contributed by atoms with Crippen molar-refractivity contribution in [1.82, 2.24) is 19.7 Å². The van der Waals surface area contributed by atoms with Gasteiger partial charge in [-0.15, -0.1) is 0 Å². The first-order chi connectivity index (χ1) is 9.75. The zero-order valence-electron chi connectivity index (χ0n) is 10.9. The lowest BCUT2D eigenvalue weighted by atomic mass is 9.97. The molecule has 0 aromatic carbocycles. The second-order valence-corrected chi connectivity index (χ2v) is 4.75. The van der Waals surface area contributed by atoms with Crippen molar-refractivity contribution in [2.45, 2.75) is 12.8 Å². The molecule has 0 unspecified atom stereocenters. The molecule has 1 aliphatic rings. The SMILES string of the molecule is O=C(O)C1CCN(c2nccnc2-n2cccn2)CC1. The number of anilines is 1. The quantitative estimate of drug-likeness (QED) is 0.896. The van der Waals surface area contributed by atoms with E-state index in [2.05, 4.69) is 20.0 Å². The number of rotatable bonds is 3. The first-order valence-electron chi connectivity index (χ1n) is 6.54. The van der Waals surface area contributed by atoms with Crippen molar-refractivity contribution in [2.24, 2.45) is 5.92 Å². The molecule has 0 aliphatic carbocycles. The molecular weight excluding hydrogens is 258 g/mol. The van der Waals surface area contributed by atoms with Crippen LogP contribution >= 0.6 is 0 Å². The largest absolute Gasteiger partial charge is 0.481 e. The van der Waals surface area contributed by atoms with Gasteiger partial charge in [0.15, 0.2) is 11.6 Å². The Balaban J connectivity index is 1.83. The molecule has 1 N–H and O–H groups in total. The fraction of sp³-hybridized carbons (Fsp3) is 0.385. The Morgan fingerprint density at radius 1 is 1.15 bits per heavy atom. The first-order valence-corrected chi connectivity index (χ1v) is 6.54. The van der Waals surface area contributed by atoms with Crippen LogP contribution in [0.15, 0.2) is 30.9 Å². The summed E-state index contributed by atoms with van der Waals surface area (Å²) >= 11 is 0. The van der Waals surface area contributed by atoms with Crippen LogP contribution in [0.3, 0.4) is 0 Å². The van der Waals surface area contributed by atoms with Gasteiger partial charge in [-0.2, -0.15) is 5.10 Å². The number of hydrogen-bond acceptors (Lipinski definition) is 5. The van der Waals surface area contributed by atoms with Crippen molar-refractivity contribution in [3.05, 3.63) is 30.9 Å². The molecule has 7 heteroatoms. The topological polar surface area (TPSA) is 84.1 Å². The Kier molecular flexibility index (Phi) is 3.32. The van der Waals surface area contributed by atoms with Crippen LogP contribution in [0.5, 0.6) is 0 Å². The molecule has 20 heavy (non-hydrogen) atoms. The third-order valence-corrected chi connectivity index (χ3v) is 3.53. The van der Waals surface area contributed by atoms with Gasteiger partial charge >= 0.3 is 5.97 Å². The van der Waals surface area contributed by atoms with Crippen LogP contribution in [-0.2, 0) is 4.79 Å². The summed E-state index contributed by atoms with van der Waals surface area (Å²) in [6.45, 7) is 1.34. The highest BCUT2D eigenvalue weighted by Gasteiger charge is 2.26. The Morgan fingerprint density at radius 2 is 1.85 bits per heavy atom. The van der Waals surface area contributed by atoms with Gasteiger partial charge in [-0.3, -0.25) is 4.79 Å². The summed E-state index contributed by atoms with van der Waals surface area (Å²) in [7, 11) is 0. The van der Waals surface area contributed by atoms with Gasteiger partial charge in [-0.05, 0) is 18.9 Å². The second kappa shape index (κ2) is 5.28. The second-order valence-electron chi connectivity index (χ2n) is 4.75. The van der Waals surface area contributed by atoms with Crippen LogP contribution in [0.1, 0.15) is 12.8 Å². The number of carboxylic acids is 1.